The Morgan fingerprint density at radius 3 is 1.71 bits per heavy atom. The minimum atomic E-state index is 0.799. The van der Waals surface area contributed by atoms with Gasteiger partial charge in [0.2, 0.25) is 0 Å². The van der Waals surface area contributed by atoms with Crippen LogP contribution in [0.4, 0.5) is 0 Å². The van der Waals surface area contributed by atoms with Gasteiger partial charge in [0.05, 0.1) is 0 Å². The quantitative estimate of drug-likeness (QED) is 0.726. The van der Waals surface area contributed by atoms with E-state index in [1.165, 1.54) is 32.1 Å². The second-order valence-electron chi connectivity index (χ2n) is 5.75. The van der Waals surface area contributed by atoms with Crippen molar-refractivity contribution in [2.24, 2.45) is 11.8 Å². The van der Waals surface area contributed by atoms with Crippen molar-refractivity contribution in [3.63, 3.8) is 0 Å². The molecule has 2 atom stereocenters. The van der Waals surface area contributed by atoms with E-state index in [2.05, 4.69) is 33.0 Å². The van der Waals surface area contributed by atoms with Gasteiger partial charge in [-0.25, -0.2) is 0 Å². The SMILES string of the molecule is CC(C)C[C@H]1CCC[C@H](CC(C)C)N1. The topological polar surface area (TPSA) is 12.0 Å². The zero-order valence-corrected chi connectivity index (χ0v) is 10.3. The third-order valence-electron chi connectivity index (χ3n) is 3.09. The number of hydrogen-bond donors (Lipinski definition) is 1. The van der Waals surface area contributed by atoms with Crippen LogP contribution < -0.4 is 5.32 Å². The van der Waals surface area contributed by atoms with Crippen molar-refractivity contribution in [3.8, 4) is 0 Å². The Balaban J connectivity index is 2.28. The van der Waals surface area contributed by atoms with Crippen LogP contribution in [0.25, 0.3) is 0 Å². The van der Waals surface area contributed by atoms with E-state index in [4.69, 9.17) is 0 Å². The highest BCUT2D eigenvalue weighted by atomic mass is 15.0. The van der Waals surface area contributed by atoms with Gasteiger partial charge in [-0.3, -0.25) is 0 Å². The summed E-state index contributed by atoms with van der Waals surface area (Å²) >= 11 is 0. The van der Waals surface area contributed by atoms with Crippen LogP contribution in [-0.4, -0.2) is 12.1 Å². The lowest BCUT2D eigenvalue weighted by atomic mass is 9.89. The van der Waals surface area contributed by atoms with Crippen LogP contribution in [0.1, 0.15) is 59.8 Å². The van der Waals surface area contributed by atoms with Gasteiger partial charge in [0.1, 0.15) is 0 Å². The molecule has 0 amide bonds. The molecule has 1 saturated heterocycles. The predicted octanol–water partition coefficient (Wildman–Crippen LogP) is 3.59. The number of nitrogens with one attached hydrogen (secondary N) is 1. The molecule has 0 aliphatic carbocycles. The first kappa shape index (κ1) is 12.0. The molecular weight excluding hydrogens is 170 g/mol. The Labute approximate surface area is 89.7 Å². The van der Waals surface area contributed by atoms with E-state index in [0.717, 1.165) is 23.9 Å². The van der Waals surface area contributed by atoms with Crippen LogP contribution in [0.15, 0.2) is 0 Å². The molecule has 0 aromatic carbocycles. The summed E-state index contributed by atoms with van der Waals surface area (Å²) in [5.41, 5.74) is 0. The molecular formula is C13H27N. The molecule has 0 aromatic rings. The van der Waals surface area contributed by atoms with Gasteiger partial charge < -0.3 is 5.32 Å². The summed E-state index contributed by atoms with van der Waals surface area (Å²) in [5.74, 6) is 1.68. The highest BCUT2D eigenvalue weighted by molar-refractivity contribution is 4.81. The Morgan fingerprint density at radius 2 is 1.36 bits per heavy atom. The zero-order chi connectivity index (χ0) is 10.6. The predicted molar refractivity (Wildman–Crippen MR) is 63.5 cm³/mol. The molecule has 1 N–H and O–H groups in total. The average Bonchev–Trinajstić information content (AvgIpc) is 2.01. The van der Waals surface area contributed by atoms with E-state index < -0.39 is 0 Å². The van der Waals surface area contributed by atoms with Crippen LogP contribution in [-0.2, 0) is 0 Å². The maximum absolute atomic E-state index is 3.82. The van der Waals surface area contributed by atoms with Crippen molar-refractivity contribution in [1.82, 2.24) is 5.32 Å². The molecule has 0 saturated carbocycles. The third kappa shape index (κ3) is 4.45. The molecule has 1 nitrogen and oxygen atoms in total. The molecule has 0 radical (unpaired) electrons. The largest absolute Gasteiger partial charge is 0.311 e. The maximum Gasteiger partial charge on any atom is 0.00721 e. The fourth-order valence-electron chi connectivity index (χ4n) is 2.62. The van der Waals surface area contributed by atoms with Crippen molar-refractivity contribution < 1.29 is 0 Å². The van der Waals surface area contributed by atoms with Gasteiger partial charge in [-0.2, -0.15) is 0 Å². The van der Waals surface area contributed by atoms with E-state index in [1.54, 1.807) is 0 Å². The van der Waals surface area contributed by atoms with Crippen molar-refractivity contribution in [1.29, 1.82) is 0 Å². The molecule has 1 rings (SSSR count). The average molecular weight is 197 g/mol. The second-order valence-corrected chi connectivity index (χ2v) is 5.75. The summed E-state index contributed by atoms with van der Waals surface area (Å²) in [4.78, 5) is 0. The molecule has 1 aliphatic rings. The van der Waals surface area contributed by atoms with Crippen molar-refractivity contribution in [2.75, 3.05) is 0 Å². The van der Waals surface area contributed by atoms with E-state index >= 15 is 0 Å². The summed E-state index contributed by atoms with van der Waals surface area (Å²) in [6.07, 6.45) is 6.94. The summed E-state index contributed by atoms with van der Waals surface area (Å²) < 4.78 is 0. The van der Waals surface area contributed by atoms with Crippen LogP contribution >= 0.6 is 0 Å². The van der Waals surface area contributed by atoms with Gasteiger partial charge in [0.15, 0.2) is 0 Å². The number of piperidine rings is 1. The summed E-state index contributed by atoms with van der Waals surface area (Å²) in [6.45, 7) is 9.31. The maximum atomic E-state index is 3.82. The molecule has 1 heterocycles. The Bertz CT molecular complexity index is 135. The lowest BCUT2D eigenvalue weighted by Gasteiger charge is -2.33. The van der Waals surface area contributed by atoms with Crippen molar-refractivity contribution >= 4 is 0 Å². The Morgan fingerprint density at radius 1 is 0.929 bits per heavy atom. The minimum Gasteiger partial charge on any atom is -0.311 e. The number of rotatable bonds is 4. The number of hydrogen-bond acceptors (Lipinski definition) is 1. The van der Waals surface area contributed by atoms with E-state index in [9.17, 15) is 0 Å². The van der Waals surface area contributed by atoms with Crippen LogP contribution in [0.5, 0.6) is 0 Å². The Hall–Kier alpha value is -0.0400. The molecule has 1 fully saturated rings. The van der Waals surface area contributed by atoms with Crippen LogP contribution in [0, 0.1) is 11.8 Å². The highest BCUT2D eigenvalue weighted by Crippen LogP contribution is 2.21. The summed E-state index contributed by atoms with van der Waals surface area (Å²) in [6, 6.07) is 1.60. The molecule has 0 unspecified atom stereocenters. The molecule has 0 aromatic heterocycles. The smallest absolute Gasteiger partial charge is 0.00721 e. The van der Waals surface area contributed by atoms with E-state index in [-0.39, 0.29) is 0 Å². The van der Waals surface area contributed by atoms with Crippen molar-refractivity contribution in [3.05, 3.63) is 0 Å². The first-order valence-electron chi connectivity index (χ1n) is 6.34. The Kier molecular flexibility index (Phi) is 4.94. The molecule has 0 bridgehead atoms. The van der Waals surface area contributed by atoms with Gasteiger partial charge in [-0.15, -0.1) is 0 Å². The van der Waals surface area contributed by atoms with Crippen LogP contribution in [0.3, 0.4) is 0 Å². The zero-order valence-electron chi connectivity index (χ0n) is 10.3. The fourth-order valence-corrected chi connectivity index (χ4v) is 2.62. The van der Waals surface area contributed by atoms with Crippen molar-refractivity contribution in [2.45, 2.75) is 71.9 Å². The first-order valence-corrected chi connectivity index (χ1v) is 6.34. The van der Waals surface area contributed by atoms with Gasteiger partial charge >= 0.3 is 0 Å². The standard InChI is InChI=1S/C13H27N/c1-10(2)8-12-6-5-7-13(14-12)9-11(3)4/h10-14H,5-9H2,1-4H3/t12-,13-/m1/s1. The molecule has 1 aliphatic heterocycles. The van der Waals surface area contributed by atoms with Crippen LogP contribution in [0.2, 0.25) is 0 Å². The first-order chi connectivity index (χ1) is 6.58. The second kappa shape index (κ2) is 5.75. The van der Waals surface area contributed by atoms with Gasteiger partial charge in [0.25, 0.3) is 0 Å². The molecule has 1 heteroatoms. The lowest BCUT2D eigenvalue weighted by molar-refractivity contribution is 0.262. The summed E-state index contributed by atoms with van der Waals surface area (Å²) in [5, 5.41) is 3.82. The fraction of sp³-hybridized carbons (Fsp3) is 1.00. The van der Waals surface area contributed by atoms with Gasteiger partial charge in [-0.05, 0) is 37.5 Å². The van der Waals surface area contributed by atoms with Gasteiger partial charge in [-0.1, -0.05) is 34.1 Å². The minimum absolute atomic E-state index is 0.799. The normalized spacial score (nSPS) is 28.7. The molecule has 0 spiro atoms. The van der Waals surface area contributed by atoms with Gasteiger partial charge in [0, 0.05) is 12.1 Å². The lowest BCUT2D eigenvalue weighted by Crippen LogP contribution is -2.43. The molecule has 84 valence electrons. The molecule has 14 heavy (non-hydrogen) atoms. The monoisotopic (exact) mass is 197 g/mol. The summed E-state index contributed by atoms with van der Waals surface area (Å²) in [7, 11) is 0. The highest BCUT2D eigenvalue weighted by Gasteiger charge is 2.21. The van der Waals surface area contributed by atoms with E-state index in [0.29, 0.717) is 0 Å². The third-order valence-corrected chi connectivity index (χ3v) is 3.09. The van der Waals surface area contributed by atoms with E-state index in [1.807, 2.05) is 0 Å².